The van der Waals surface area contributed by atoms with Gasteiger partial charge in [-0.25, -0.2) is 0 Å². The van der Waals surface area contributed by atoms with E-state index in [2.05, 4.69) is 22.9 Å². The predicted octanol–water partition coefficient (Wildman–Crippen LogP) is 1.51. The summed E-state index contributed by atoms with van der Waals surface area (Å²) >= 11 is 3.46. The monoisotopic (exact) mass is 165 g/mol. The molecule has 0 aliphatic rings. The minimum atomic E-state index is 0.637. The molecule has 0 aromatic rings. The zero-order chi connectivity index (χ0) is 5.70. The van der Waals surface area contributed by atoms with E-state index in [0.717, 1.165) is 13.0 Å². The van der Waals surface area contributed by atoms with Crippen molar-refractivity contribution >= 4 is 15.9 Å². The van der Waals surface area contributed by atoms with Gasteiger partial charge in [-0.3, -0.25) is 0 Å². The van der Waals surface area contributed by atoms with Crippen molar-refractivity contribution in [2.45, 2.75) is 24.6 Å². The van der Waals surface area contributed by atoms with Gasteiger partial charge in [0.15, 0.2) is 0 Å². The van der Waals surface area contributed by atoms with Crippen molar-refractivity contribution in [3.05, 3.63) is 0 Å². The molecule has 0 rings (SSSR count). The molecule has 0 aliphatic heterocycles. The van der Waals surface area contributed by atoms with E-state index in [1.807, 2.05) is 0 Å². The molecule has 0 aliphatic carbocycles. The third-order valence-corrected chi connectivity index (χ3v) is 2.03. The van der Waals surface area contributed by atoms with E-state index in [4.69, 9.17) is 5.73 Å². The van der Waals surface area contributed by atoms with Gasteiger partial charge in [-0.15, -0.1) is 0 Å². The molecule has 0 aromatic carbocycles. The number of alkyl halides is 1. The van der Waals surface area contributed by atoms with Crippen molar-refractivity contribution < 1.29 is 0 Å². The van der Waals surface area contributed by atoms with Crippen molar-refractivity contribution in [1.29, 1.82) is 0 Å². The van der Waals surface area contributed by atoms with Crippen molar-refractivity contribution in [2.75, 3.05) is 6.54 Å². The Balaban J connectivity index is 2.83. The van der Waals surface area contributed by atoms with Crippen LogP contribution in [-0.4, -0.2) is 11.4 Å². The molecule has 2 heteroatoms. The fourth-order valence-corrected chi connectivity index (χ4v) is 0.649. The van der Waals surface area contributed by atoms with Gasteiger partial charge in [0.25, 0.3) is 0 Å². The highest BCUT2D eigenvalue weighted by molar-refractivity contribution is 9.09. The summed E-state index contributed by atoms with van der Waals surface area (Å²) in [6.07, 6.45) is 2.27. The zero-order valence-corrected chi connectivity index (χ0v) is 6.24. The van der Waals surface area contributed by atoms with E-state index < -0.39 is 0 Å². The molecule has 1 unspecified atom stereocenters. The smallest absolute Gasteiger partial charge is 0.0155 e. The number of nitrogens with two attached hydrogens (primary N) is 1. The van der Waals surface area contributed by atoms with E-state index in [9.17, 15) is 0 Å². The lowest BCUT2D eigenvalue weighted by molar-refractivity contribution is 0.756. The number of hydrogen-bond acceptors (Lipinski definition) is 1. The lowest BCUT2D eigenvalue weighted by atomic mass is 10.2. The molecular weight excluding hydrogens is 154 g/mol. The normalized spacial score (nSPS) is 14.1. The second kappa shape index (κ2) is 4.60. The van der Waals surface area contributed by atoms with Crippen LogP contribution in [0.15, 0.2) is 0 Å². The first-order chi connectivity index (χ1) is 3.31. The summed E-state index contributed by atoms with van der Waals surface area (Å²) in [6.45, 7) is 2.94. The Hall–Kier alpha value is 0.440. The number of halogens is 1. The van der Waals surface area contributed by atoms with Gasteiger partial charge in [0.1, 0.15) is 0 Å². The van der Waals surface area contributed by atoms with Gasteiger partial charge < -0.3 is 5.73 Å². The molecule has 44 valence electrons. The van der Waals surface area contributed by atoms with Gasteiger partial charge in [-0.05, 0) is 19.4 Å². The van der Waals surface area contributed by atoms with Crippen LogP contribution in [-0.2, 0) is 0 Å². The van der Waals surface area contributed by atoms with Gasteiger partial charge in [0.2, 0.25) is 0 Å². The van der Waals surface area contributed by atoms with E-state index in [1.54, 1.807) is 0 Å². The molecule has 0 radical (unpaired) electrons. The topological polar surface area (TPSA) is 26.0 Å². The average molecular weight is 166 g/mol. The summed E-state index contributed by atoms with van der Waals surface area (Å²) in [5, 5.41) is 0. The highest BCUT2D eigenvalue weighted by atomic mass is 79.9. The summed E-state index contributed by atoms with van der Waals surface area (Å²) < 4.78 is 0. The zero-order valence-electron chi connectivity index (χ0n) is 4.65. The first-order valence-electron chi connectivity index (χ1n) is 2.65. The molecule has 1 atom stereocenters. The van der Waals surface area contributed by atoms with E-state index in [1.165, 1.54) is 6.42 Å². The Morgan fingerprint density at radius 3 is 2.43 bits per heavy atom. The predicted molar refractivity (Wildman–Crippen MR) is 36.7 cm³/mol. The van der Waals surface area contributed by atoms with Crippen molar-refractivity contribution in [3.8, 4) is 0 Å². The SMILES string of the molecule is CCC(Br)CCN. The van der Waals surface area contributed by atoms with E-state index in [0.29, 0.717) is 4.83 Å². The van der Waals surface area contributed by atoms with Crippen LogP contribution in [0.4, 0.5) is 0 Å². The molecule has 2 N–H and O–H groups in total. The van der Waals surface area contributed by atoms with Gasteiger partial charge in [0, 0.05) is 4.83 Å². The summed E-state index contributed by atoms with van der Waals surface area (Å²) in [4.78, 5) is 0.637. The number of hydrogen-bond donors (Lipinski definition) is 1. The lowest BCUT2D eigenvalue weighted by Crippen LogP contribution is -2.05. The molecule has 0 aromatic heterocycles. The molecule has 7 heavy (non-hydrogen) atoms. The van der Waals surface area contributed by atoms with Crippen LogP contribution >= 0.6 is 15.9 Å². The standard InChI is InChI=1S/C5H12BrN/c1-2-5(6)3-4-7/h5H,2-4,7H2,1H3. The van der Waals surface area contributed by atoms with Gasteiger partial charge in [-0.2, -0.15) is 0 Å². The van der Waals surface area contributed by atoms with E-state index >= 15 is 0 Å². The fraction of sp³-hybridized carbons (Fsp3) is 1.00. The van der Waals surface area contributed by atoms with Gasteiger partial charge in [0.05, 0.1) is 0 Å². The van der Waals surface area contributed by atoms with Crippen molar-refractivity contribution in [2.24, 2.45) is 5.73 Å². The van der Waals surface area contributed by atoms with E-state index in [-0.39, 0.29) is 0 Å². The molecular formula is C5H12BrN. The lowest BCUT2D eigenvalue weighted by Gasteiger charge is -2.00. The largest absolute Gasteiger partial charge is 0.330 e. The van der Waals surface area contributed by atoms with Crippen LogP contribution in [0.5, 0.6) is 0 Å². The second-order valence-electron chi connectivity index (χ2n) is 1.58. The van der Waals surface area contributed by atoms with Crippen LogP contribution in [0.25, 0.3) is 0 Å². The van der Waals surface area contributed by atoms with Gasteiger partial charge in [-0.1, -0.05) is 22.9 Å². The van der Waals surface area contributed by atoms with Gasteiger partial charge >= 0.3 is 0 Å². The molecule has 0 heterocycles. The molecule has 0 saturated carbocycles. The molecule has 0 amide bonds. The summed E-state index contributed by atoms with van der Waals surface area (Å²) in [7, 11) is 0. The molecule has 0 fully saturated rings. The van der Waals surface area contributed by atoms with Crippen molar-refractivity contribution in [1.82, 2.24) is 0 Å². The average Bonchev–Trinajstić information content (AvgIpc) is 1.68. The van der Waals surface area contributed by atoms with Crippen LogP contribution < -0.4 is 5.73 Å². The second-order valence-corrected chi connectivity index (χ2v) is 2.88. The summed E-state index contributed by atoms with van der Waals surface area (Å²) in [5.74, 6) is 0. The number of rotatable bonds is 3. The maximum Gasteiger partial charge on any atom is 0.0155 e. The summed E-state index contributed by atoms with van der Waals surface area (Å²) in [6, 6.07) is 0. The minimum absolute atomic E-state index is 0.637. The van der Waals surface area contributed by atoms with Crippen LogP contribution in [0.2, 0.25) is 0 Å². The Labute approximate surface area is 53.4 Å². The molecule has 0 saturated heterocycles. The van der Waals surface area contributed by atoms with Crippen molar-refractivity contribution in [3.63, 3.8) is 0 Å². The molecule has 0 spiro atoms. The third kappa shape index (κ3) is 4.29. The highest BCUT2D eigenvalue weighted by Crippen LogP contribution is 2.06. The first-order valence-corrected chi connectivity index (χ1v) is 3.57. The highest BCUT2D eigenvalue weighted by Gasteiger charge is 1.95. The Bertz CT molecular complexity index is 39.1. The first kappa shape index (κ1) is 7.44. The third-order valence-electron chi connectivity index (χ3n) is 0.923. The van der Waals surface area contributed by atoms with Crippen LogP contribution in [0.1, 0.15) is 19.8 Å². The molecule has 0 bridgehead atoms. The Morgan fingerprint density at radius 1 is 1.71 bits per heavy atom. The minimum Gasteiger partial charge on any atom is -0.330 e. The fourth-order valence-electron chi connectivity index (χ4n) is 0.385. The Kier molecular flexibility index (Phi) is 4.88. The quantitative estimate of drug-likeness (QED) is 0.631. The maximum absolute atomic E-state index is 5.28. The van der Waals surface area contributed by atoms with Crippen LogP contribution in [0.3, 0.4) is 0 Å². The van der Waals surface area contributed by atoms with Crippen LogP contribution in [0, 0.1) is 0 Å². The maximum atomic E-state index is 5.28. The summed E-state index contributed by atoms with van der Waals surface area (Å²) in [5.41, 5.74) is 5.28. The Morgan fingerprint density at radius 2 is 2.29 bits per heavy atom. The molecule has 1 nitrogen and oxygen atoms in total.